The lowest BCUT2D eigenvalue weighted by molar-refractivity contribution is -0.140. The number of hydrogen-bond donors (Lipinski definition) is 1. The first kappa shape index (κ1) is 27.6. The number of ketones is 1. The molecule has 1 N–H and O–H groups in total. The van der Waals surface area contributed by atoms with E-state index < -0.39 is 17.7 Å². The van der Waals surface area contributed by atoms with Gasteiger partial charge in [-0.15, -0.1) is 0 Å². The molecule has 1 fully saturated rings. The minimum absolute atomic E-state index is 0.0194. The van der Waals surface area contributed by atoms with Crippen LogP contribution in [0, 0.1) is 12.8 Å². The Labute approximate surface area is 239 Å². The first-order valence-electron chi connectivity index (χ1n) is 13.6. The van der Waals surface area contributed by atoms with Gasteiger partial charge in [-0.05, 0) is 78.1 Å². The second kappa shape index (κ2) is 12.1. The monoisotopic (exact) mass is 548 g/mol. The number of pyridine rings is 1. The molecule has 41 heavy (non-hydrogen) atoms. The van der Waals surface area contributed by atoms with Gasteiger partial charge in [0, 0.05) is 24.5 Å². The molecular formula is C34H32N2O5. The third-order valence-electron chi connectivity index (χ3n) is 6.79. The summed E-state index contributed by atoms with van der Waals surface area (Å²) in [5, 5.41) is 11.6. The number of aromatic nitrogens is 1. The minimum atomic E-state index is -0.841. The van der Waals surface area contributed by atoms with Crippen molar-refractivity contribution in [2.45, 2.75) is 33.4 Å². The molecule has 7 nitrogen and oxygen atoms in total. The van der Waals surface area contributed by atoms with Gasteiger partial charge in [0.1, 0.15) is 23.0 Å². The zero-order valence-electron chi connectivity index (χ0n) is 23.3. The number of likely N-dealkylation sites (tertiary alicyclic amines) is 1. The van der Waals surface area contributed by atoms with Gasteiger partial charge in [0.05, 0.1) is 18.2 Å². The van der Waals surface area contributed by atoms with E-state index in [4.69, 9.17) is 9.47 Å². The Kier molecular flexibility index (Phi) is 8.15. The van der Waals surface area contributed by atoms with E-state index in [1.165, 1.54) is 4.90 Å². The van der Waals surface area contributed by atoms with Crippen LogP contribution in [-0.4, -0.2) is 33.3 Å². The normalized spacial score (nSPS) is 16.3. The Balaban J connectivity index is 1.58. The topological polar surface area (TPSA) is 89.0 Å². The second-order valence-corrected chi connectivity index (χ2v) is 10.5. The van der Waals surface area contributed by atoms with Crippen molar-refractivity contribution in [1.82, 2.24) is 9.88 Å². The van der Waals surface area contributed by atoms with Crippen molar-refractivity contribution in [3.05, 3.63) is 125 Å². The van der Waals surface area contributed by atoms with Crippen LogP contribution in [0.4, 0.5) is 0 Å². The molecule has 5 rings (SSSR count). The molecule has 2 heterocycles. The molecule has 1 atom stereocenters. The van der Waals surface area contributed by atoms with E-state index in [-0.39, 0.29) is 17.9 Å². The Morgan fingerprint density at radius 2 is 1.73 bits per heavy atom. The first-order chi connectivity index (χ1) is 19.8. The second-order valence-electron chi connectivity index (χ2n) is 10.5. The molecule has 0 bridgehead atoms. The van der Waals surface area contributed by atoms with Crippen molar-refractivity contribution in [2.75, 3.05) is 6.61 Å². The van der Waals surface area contributed by atoms with Crippen LogP contribution in [0.2, 0.25) is 0 Å². The number of rotatable bonds is 9. The van der Waals surface area contributed by atoms with Crippen molar-refractivity contribution in [1.29, 1.82) is 0 Å². The highest BCUT2D eigenvalue weighted by atomic mass is 16.5. The SMILES string of the molecule is Cc1cc(C(O)=C2C(=O)C(=O)N(Cc3cccnc3)[C@@H]2c2cccc(Oc3ccccc3)c2)ccc1OCC(C)C. The highest BCUT2D eigenvalue weighted by molar-refractivity contribution is 6.46. The fourth-order valence-corrected chi connectivity index (χ4v) is 4.82. The molecule has 0 aliphatic carbocycles. The number of hydrogen-bond acceptors (Lipinski definition) is 6. The number of nitrogens with zero attached hydrogens (tertiary/aromatic N) is 2. The number of benzene rings is 3. The third kappa shape index (κ3) is 6.14. The summed E-state index contributed by atoms with van der Waals surface area (Å²) in [6.07, 6.45) is 3.31. The minimum Gasteiger partial charge on any atom is -0.507 e. The van der Waals surface area contributed by atoms with Gasteiger partial charge in [-0.3, -0.25) is 14.6 Å². The van der Waals surface area contributed by atoms with Crippen molar-refractivity contribution >= 4 is 17.4 Å². The maximum atomic E-state index is 13.5. The molecule has 0 spiro atoms. The van der Waals surface area contributed by atoms with E-state index in [1.54, 1.807) is 42.7 Å². The lowest BCUT2D eigenvalue weighted by atomic mass is 9.94. The summed E-state index contributed by atoms with van der Waals surface area (Å²) < 4.78 is 11.9. The van der Waals surface area contributed by atoms with Crippen molar-refractivity contribution in [3.63, 3.8) is 0 Å². The highest BCUT2D eigenvalue weighted by Crippen LogP contribution is 2.41. The van der Waals surface area contributed by atoms with Gasteiger partial charge in [0.25, 0.3) is 11.7 Å². The number of carbonyl (C=O) groups excluding carboxylic acids is 2. The van der Waals surface area contributed by atoms with Crippen molar-refractivity contribution < 1.29 is 24.2 Å². The molecule has 1 aromatic heterocycles. The third-order valence-corrected chi connectivity index (χ3v) is 6.79. The number of aryl methyl sites for hydroxylation is 1. The van der Waals surface area contributed by atoms with Crippen LogP contribution in [0.5, 0.6) is 17.2 Å². The summed E-state index contributed by atoms with van der Waals surface area (Å²) in [5.74, 6) is 0.587. The Morgan fingerprint density at radius 1 is 0.951 bits per heavy atom. The predicted octanol–water partition coefficient (Wildman–Crippen LogP) is 6.84. The zero-order valence-corrected chi connectivity index (χ0v) is 23.3. The molecule has 0 saturated carbocycles. The molecule has 208 valence electrons. The molecule has 7 heteroatoms. The number of para-hydroxylation sites is 1. The van der Waals surface area contributed by atoms with Crippen LogP contribution < -0.4 is 9.47 Å². The van der Waals surface area contributed by atoms with Gasteiger partial charge in [-0.2, -0.15) is 0 Å². The number of aliphatic hydroxyl groups excluding tert-OH is 1. The molecule has 4 aromatic rings. The van der Waals surface area contributed by atoms with Crippen LogP contribution in [0.1, 0.15) is 42.1 Å². The molecule has 0 unspecified atom stereocenters. The maximum Gasteiger partial charge on any atom is 0.295 e. The maximum absolute atomic E-state index is 13.5. The standard InChI is InChI=1S/C34H32N2O5/c1-22(2)21-40-29-15-14-26(17-23(29)3)32(37)30-31(36(34(39)33(30)38)20-24-9-8-16-35-19-24)25-10-7-13-28(18-25)41-27-11-5-4-6-12-27/h4-19,22,31,37H,20-21H2,1-3H3/t31-/m1/s1. The number of amides is 1. The van der Waals surface area contributed by atoms with Gasteiger partial charge in [-0.1, -0.05) is 50.2 Å². The lowest BCUT2D eigenvalue weighted by Gasteiger charge is -2.25. The van der Waals surface area contributed by atoms with E-state index in [2.05, 4.69) is 18.8 Å². The Morgan fingerprint density at radius 3 is 2.44 bits per heavy atom. The van der Waals surface area contributed by atoms with Crippen LogP contribution in [0.15, 0.2) is 103 Å². The van der Waals surface area contributed by atoms with Crippen molar-refractivity contribution in [3.8, 4) is 17.2 Å². The van der Waals surface area contributed by atoms with Crippen LogP contribution in [0.25, 0.3) is 5.76 Å². The number of aliphatic hydroxyl groups is 1. The molecule has 1 aliphatic rings. The lowest BCUT2D eigenvalue weighted by Crippen LogP contribution is -2.29. The molecule has 1 aliphatic heterocycles. The van der Waals surface area contributed by atoms with Gasteiger partial charge >= 0.3 is 0 Å². The summed E-state index contributed by atoms with van der Waals surface area (Å²) >= 11 is 0. The van der Waals surface area contributed by atoms with Crippen LogP contribution >= 0.6 is 0 Å². The van der Waals surface area contributed by atoms with Gasteiger partial charge in [-0.25, -0.2) is 0 Å². The van der Waals surface area contributed by atoms with Gasteiger partial charge in [0.2, 0.25) is 0 Å². The zero-order chi connectivity index (χ0) is 28.9. The smallest absolute Gasteiger partial charge is 0.295 e. The Bertz CT molecular complexity index is 1580. The quantitative estimate of drug-likeness (QED) is 0.140. The molecule has 1 saturated heterocycles. The summed E-state index contributed by atoms with van der Waals surface area (Å²) in [4.78, 5) is 32.6. The van der Waals surface area contributed by atoms with Gasteiger partial charge < -0.3 is 19.5 Å². The first-order valence-corrected chi connectivity index (χ1v) is 13.6. The highest BCUT2D eigenvalue weighted by Gasteiger charge is 2.46. The van der Waals surface area contributed by atoms with E-state index in [1.807, 2.05) is 61.5 Å². The average molecular weight is 549 g/mol. The summed E-state index contributed by atoms with van der Waals surface area (Å²) in [6.45, 7) is 6.73. The van der Waals surface area contributed by atoms with E-state index >= 15 is 0 Å². The largest absolute Gasteiger partial charge is 0.507 e. The van der Waals surface area contributed by atoms with E-state index in [0.717, 1.165) is 11.1 Å². The fourth-order valence-electron chi connectivity index (χ4n) is 4.82. The number of ether oxygens (including phenoxy) is 2. The van der Waals surface area contributed by atoms with Crippen LogP contribution in [-0.2, 0) is 16.1 Å². The summed E-state index contributed by atoms with van der Waals surface area (Å²) in [5.41, 5.74) is 2.66. The molecular weight excluding hydrogens is 516 g/mol. The number of carbonyl (C=O) groups is 2. The summed E-state index contributed by atoms with van der Waals surface area (Å²) in [7, 11) is 0. The van der Waals surface area contributed by atoms with E-state index in [0.29, 0.717) is 40.9 Å². The average Bonchev–Trinajstić information content (AvgIpc) is 3.22. The predicted molar refractivity (Wildman–Crippen MR) is 157 cm³/mol. The molecule has 3 aromatic carbocycles. The Hall–Kier alpha value is -4.91. The molecule has 1 amide bonds. The fraction of sp³-hybridized carbons (Fsp3) is 0.206. The van der Waals surface area contributed by atoms with Gasteiger partial charge in [0.15, 0.2) is 0 Å². The van der Waals surface area contributed by atoms with E-state index in [9.17, 15) is 14.7 Å². The summed E-state index contributed by atoms with van der Waals surface area (Å²) in [6, 6.07) is 24.6. The van der Waals surface area contributed by atoms with Crippen molar-refractivity contribution in [2.24, 2.45) is 5.92 Å². The molecule has 0 radical (unpaired) electrons. The van der Waals surface area contributed by atoms with Crippen LogP contribution in [0.3, 0.4) is 0 Å². The number of Topliss-reactive ketones (excluding diaryl/α,β-unsaturated/α-hetero) is 1.